The molecule has 2 aromatic rings. The van der Waals surface area contributed by atoms with Gasteiger partial charge in [-0.2, -0.15) is 0 Å². The van der Waals surface area contributed by atoms with Crippen LogP contribution in [0.4, 0.5) is 5.69 Å². The second-order valence-electron chi connectivity index (χ2n) is 5.23. The highest BCUT2D eigenvalue weighted by Gasteiger charge is 2.21. The molecule has 5 heteroatoms. The number of aryl methyl sites for hydroxylation is 2. The van der Waals surface area contributed by atoms with E-state index in [9.17, 15) is 4.79 Å². The Morgan fingerprint density at radius 3 is 2.62 bits per heavy atom. The number of benzene rings is 1. The van der Waals surface area contributed by atoms with Crippen LogP contribution in [0.5, 0.6) is 5.75 Å². The Morgan fingerprint density at radius 1 is 1.29 bits per heavy atom. The lowest BCUT2D eigenvalue weighted by Gasteiger charge is -2.16. The molecule has 21 heavy (non-hydrogen) atoms. The fourth-order valence-electron chi connectivity index (χ4n) is 2.51. The summed E-state index contributed by atoms with van der Waals surface area (Å²) in [4.78, 5) is 13.5. The highest BCUT2D eigenvalue weighted by Crippen LogP contribution is 2.24. The zero-order chi connectivity index (χ0) is 14.8. The van der Waals surface area contributed by atoms with Crippen LogP contribution in [-0.2, 0) is 11.4 Å². The van der Waals surface area contributed by atoms with Gasteiger partial charge in [0, 0.05) is 18.7 Å². The van der Waals surface area contributed by atoms with Crippen molar-refractivity contribution in [2.45, 2.75) is 33.3 Å². The summed E-state index contributed by atoms with van der Waals surface area (Å²) in [5.41, 5.74) is 2.77. The molecule has 0 bridgehead atoms. The van der Waals surface area contributed by atoms with Crippen LogP contribution in [-0.4, -0.2) is 17.6 Å². The predicted molar refractivity (Wildman–Crippen MR) is 78.3 cm³/mol. The predicted octanol–water partition coefficient (Wildman–Crippen LogP) is 3.00. The molecule has 0 N–H and O–H groups in total. The standard InChI is InChI=1S/C16H18N2O3/c1-11-15(12(2)21-17-11)10-20-14-7-5-13(6-8-14)18-9-3-4-16(18)19/h5-8H,3-4,9-10H2,1-2H3. The molecule has 3 rings (SSSR count). The van der Waals surface area contributed by atoms with Crippen LogP contribution in [0.15, 0.2) is 28.8 Å². The van der Waals surface area contributed by atoms with Gasteiger partial charge in [-0.15, -0.1) is 0 Å². The Hall–Kier alpha value is -2.30. The minimum atomic E-state index is 0.194. The molecule has 1 aromatic carbocycles. The number of aromatic nitrogens is 1. The number of ether oxygens (including phenoxy) is 1. The van der Waals surface area contributed by atoms with E-state index in [-0.39, 0.29) is 5.91 Å². The summed E-state index contributed by atoms with van der Waals surface area (Å²) in [5, 5.41) is 3.90. The molecule has 0 spiro atoms. The van der Waals surface area contributed by atoms with Crippen molar-refractivity contribution >= 4 is 11.6 Å². The number of amides is 1. The number of hydrogen-bond acceptors (Lipinski definition) is 4. The Bertz CT molecular complexity index is 627. The molecule has 1 aliphatic rings. The lowest BCUT2D eigenvalue weighted by atomic mass is 10.2. The van der Waals surface area contributed by atoms with Gasteiger partial charge in [0.1, 0.15) is 18.1 Å². The Kier molecular flexibility index (Phi) is 3.64. The van der Waals surface area contributed by atoms with E-state index in [0.29, 0.717) is 13.0 Å². The molecule has 2 heterocycles. The minimum Gasteiger partial charge on any atom is -0.489 e. The molecule has 1 saturated heterocycles. The van der Waals surface area contributed by atoms with E-state index in [2.05, 4.69) is 5.16 Å². The van der Waals surface area contributed by atoms with Gasteiger partial charge in [0.15, 0.2) is 0 Å². The summed E-state index contributed by atoms with van der Waals surface area (Å²) < 4.78 is 10.9. The third-order valence-electron chi connectivity index (χ3n) is 3.79. The third-order valence-corrected chi connectivity index (χ3v) is 3.79. The van der Waals surface area contributed by atoms with Crippen molar-refractivity contribution in [3.63, 3.8) is 0 Å². The first-order chi connectivity index (χ1) is 10.1. The van der Waals surface area contributed by atoms with E-state index in [0.717, 1.165) is 41.4 Å². The second kappa shape index (κ2) is 5.60. The van der Waals surface area contributed by atoms with E-state index in [1.54, 1.807) is 0 Å². The van der Waals surface area contributed by atoms with Crippen LogP contribution in [0.25, 0.3) is 0 Å². The van der Waals surface area contributed by atoms with E-state index in [4.69, 9.17) is 9.26 Å². The van der Waals surface area contributed by atoms with Crippen LogP contribution in [0.3, 0.4) is 0 Å². The minimum absolute atomic E-state index is 0.194. The van der Waals surface area contributed by atoms with Gasteiger partial charge in [-0.3, -0.25) is 4.79 Å². The van der Waals surface area contributed by atoms with Crippen LogP contribution in [0.1, 0.15) is 29.9 Å². The molecule has 1 aliphatic heterocycles. The summed E-state index contributed by atoms with van der Waals surface area (Å²) in [6, 6.07) is 7.62. The van der Waals surface area contributed by atoms with Crippen molar-refractivity contribution in [1.82, 2.24) is 5.16 Å². The SMILES string of the molecule is Cc1noc(C)c1COc1ccc(N2CCCC2=O)cc1. The molecule has 110 valence electrons. The second-order valence-corrected chi connectivity index (χ2v) is 5.23. The quantitative estimate of drug-likeness (QED) is 0.867. The van der Waals surface area contributed by atoms with Crippen molar-refractivity contribution in [2.24, 2.45) is 0 Å². The summed E-state index contributed by atoms with van der Waals surface area (Å²) in [6.45, 7) is 5.01. The number of anilines is 1. The van der Waals surface area contributed by atoms with Crippen LogP contribution >= 0.6 is 0 Å². The van der Waals surface area contributed by atoms with E-state index in [1.807, 2.05) is 43.0 Å². The highest BCUT2D eigenvalue weighted by atomic mass is 16.5. The first kappa shape index (κ1) is 13.7. The maximum absolute atomic E-state index is 11.7. The maximum atomic E-state index is 11.7. The summed E-state index contributed by atoms with van der Waals surface area (Å²) >= 11 is 0. The lowest BCUT2D eigenvalue weighted by Crippen LogP contribution is -2.23. The number of rotatable bonds is 4. The summed E-state index contributed by atoms with van der Waals surface area (Å²) in [6.07, 6.45) is 1.58. The van der Waals surface area contributed by atoms with Crippen LogP contribution in [0, 0.1) is 13.8 Å². The van der Waals surface area contributed by atoms with Gasteiger partial charge < -0.3 is 14.2 Å². The highest BCUT2D eigenvalue weighted by molar-refractivity contribution is 5.95. The molecule has 0 aliphatic carbocycles. The molecule has 0 radical (unpaired) electrons. The number of hydrogen-bond donors (Lipinski definition) is 0. The molecule has 0 atom stereocenters. The Balaban J connectivity index is 1.66. The molecule has 0 saturated carbocycles. The van der Waals surface area contributed by atoms with Crippen LogP contribution < -0.4 is 9.64 Å². The van der Waals surface area contributed by atoms with Gasteiger partial charge in [0.25, 0.3) is 0 Å². The topological polar surface area (TPSA) is 55.6 Å². The van der Waals surface area contributed by atoms with Gasteiger partial charge >= 0.3 is 0 Å². The Labute approximate surface area is 123 Å². The monoisotopic (exact) mass is 286 g/mol. The summed E-state index contributed by atoms with van der Waals surface area (Å²) in [7, 11) is 0. The third kappa shape index (κ3) is 2.77. The molecule has 0 unspecified atom stereocenters. The fourth-order valence-corrected chi connectivity index (χ4v) is 2.51. The molecular formula is C16H18N2O3. The van der Waals surface area contributed by atoms with E-state index < -0.39 is 0 Å². The largest absolute Gasteiger partial charge is 0.489 e. The van der Waals surface area contributed by atoms with E-state index >= 15 is 0 Å². The average molecular weight is 286 g/mol. The van der Waals surface area contributed by atoms with Crippen molar-refractivity contribution in [3.05, 3.63) is 41.3 Å². The average Bonchev–Trinajstić information content (AvgIpc) is 3.04. The van der Waals surface area contributed by atoms with Gasteiger partial charge in [0.2, 0.25) is 5.91 Å². The number of carbonyl (C=O) groups is 1. The zero-order valence-corrected chi connectivity index (χ0v) is 12.3. The van der Waals surface area contributed by atoms with Crippen LogP contribution in [0.2, 0.25) is 0 Å². The maximum Gasteiger partial charge on any atom is 0.227 e. The molecule has 5 nitrogen and oxygen atoms in total. The lowest BCUT2D eigenvalue weighted by molar-refractivity contribution is -0.117. The van der Waals surface area contributed by atoms with Gasteiger partial charge in [-0.25, -0.2) is 0 Å². The fraction of sp³-hybridized carbons (Fsp3) is 0.375. The van der Waals surface area contributed by atoms with Gasteiger partial charge in [-0.05, 0) is 44.5 Å². The molecule has 1 amide bonds. The molecule has 1 aromatic heterocycles. The first-order valence-electron chi connectivity index (χ1n) is 7.10. The van der Waals surface area contributed by atoms with Crippen molar-refractivity contribution in [3.8, 4) is 5.75 Å². The van der Waals surface area contributed by atoms with Crippen molar-refractivity contribution in [1.29, 1.82) is 0 Å². The van der Waals surface area contributed by atoms with Crippen molar-refractivity contribution < 1.29 is 14.1 Å². The number of nitrogens with zero attached hydrogens (tertiary/aromatic N) is 2. The molecular weight excluding hydrogens is 268 g/mol. The van der Waals surface area contributed by atoms with E-state index in [1.165, 1.54) is 0 Å². The van der Waals surface area contributed by atoms with Gasteiger partial charge in [0.05, 0.1) is 11.3 Å². The Morgan fingerprint density at radius 2 is 2.05 bits per heavy atom. The molecule has 1 fully saturated rings. The summed E-state index contributed by atoms with van der Waals surface area (Å²) in [5.74, 6) is 1.75. The smallest absolute Gasteiger partial charge is 0.227 e. The van der Waals surface area contributed by atoms with Gasteiger partial charge in [-0.1, -0.05) is 5.16 Å². The number of carbonyl (C=O) groups excluding carboxylic acids is 1. The normalized spacial score (nSPS) is 14.8. The zero-order valence-electron chi connectivity index (χ0n) is 12.3. The van der Waals surface area contributed by atoms with Crippen molar-refractivity contribution in [2.75, 3.05) is 11.4 Å². The first-order valence-corrected chi connectivity index (χ1v) is 7.10.